The third kappa shape index (κ3) is 5.20. The normalized spacial score (nSPS) is 19.4. The first-order chi connectivity index (χ1) is 8.13. The van der Waals surface area contributed by atoms with Gasteiger partial charge in [-0.1, -0.05) is 32.6 Å². The summed E-state index contributed by atoms with van der Waals surface area (Å²) in [6.45, 7) is 1.90. The highest BCUT2D eigenvalue weighted by atomic mass is 16.4. The predicted octanol–water partition coefficient (Wildman–Crippen LogP) is 2.33. The Morgan fingerprint density at radius 1 is 1.24 bits per heavy atom. The molecule has 1 aliphatic rings. The molecule has 0 spiro atoms. The van der Waals surface area contributed by atoms with Crippen LogP contribution in [-0.4, -0.2) is 23.0 Å². The maximum Gasteiger partial charge on any atom is 0.305 e. The minimum absolute atomic E-state index is 0.0228. The van der Waals surface area contributed by atoms with Gasteiger partial charge in [0.15, 0.2) is 0 Å². The van der Waals surface area contributed by atoms with Crippen molar-refractivity contribution < 1.29 is 14.7 Å². The lowest BCUT2D eigenvalue weighted by Crippen LogP contribution is -2.39. The fourth-order valence-corrected chi connectivity index (χ4v) is 2.37. The van der Waals surface area contributed by atoms with Crippen LogP contribution in [0.2, 0.25) is 0 Å². The van der Waals surface area contributed by atoms with E-state index < -0.39 is 5.97 Å². The number of hydrogen-bond donors (Lipinski definition) is 2. The summed E-state index contributed by atoms with van der Waals surface area (Å²) in [5, 5.41) is 11.6. The summed E-state index contributed by atoms with van der Waals surface area (Å²) in [7, 11) is 0. The van der Waals surface area contributed by atoms with E-state index in [1.54, 1.807) is 0 Å². The molecule has 4 nitrogen and oxygen atoms in total. The summed E-state index contributed by atoms with van der Waals surface area (Å²) >= 11 is 0. The van der Waals surface area contributed by atoms with Crippen LogP contribution in [0.3, 0.4) is 0 Å². The highest BCUT2D eigenvalue weighted by Crippen LogP contribution is 2.23. The van der Waals surface area contributed by atoms with Crippen LogP contribution >= 0.6 is 0 Å². The highest BCUT2D eigenvalue weighted by molar-refractivity contribution is 5.79. The van der Waals surface area contributed by atoms with Crippen LogP contribution in [0.1, 0.15) is 58.3 Å². The topological polar surface area (TPSA) is 66.4 Å². The molecule has 4 heteroatoms. The quantitative estimate of drug-likeness (QED) is 0.726. The number of carboxylic acid groups (broad SMARTS) is 1. The second-order valence-corrected chi connectivity index (χ2v) is 4.90. The predicted molar refractivity (Wildman–Crippen MR) is 65.7 cm³/mol. The summed E-state index contributed by atoms with van der Waals surface area (Å²) < 4.78 is 0. The molecule has 0 bridgehead atoms. The van der Waals surface area contributed by atoms with Crippen molar-refractivity contribution in [3.05, 3.63) is 0 Å². The molecule has 0 aromatic carbocycles. The third-order valence-electron chi connectivity index (χ3n) is 3.49. The van der Waals surface area contributed by atoms with E-state index in [1.165, 1.54) is 12.8 Å². The molecule has 1 amide bonds. The number of carbonyl (C=O) groups is 2. The molecule has 17 heavy (non-hydrogen) atoms. The maximum atomic E-state index is 12.0. The minimum atomic E-state index is -0.849. The molecule has 1 atom stereocenters. The second-order valence-electron chi connectivity index (χ2n) is 4.90. The van der Waals surface area contributed by atoms with Gasteiger partial charge in [-0.15, -0.1) is 0 Å². The van der Waals surface area contributed by atoms with Crippen LogP contribution in [0.15, 0.2) is 0 Å². The van der Waals surface area contributed by atoms with Crippen molar-refractivity contribution in [2.45, 2.75) is 64.3 Å². The summed E-state index contributed by atoms with van der Waals surface area (Å²) in [4.78, 5) is 22.6. The fraction of sp³-hybridized carbons (Fsp3) is 0.846. The smallest absolute Gasteiger partial charge is 0.305 e. The Labute approximate surface area is 103 Å². The standard InChI is InChI=1S/C13H23NO3/c1-2-11(9-12(15)16)14-13(17)10-7-5-3-4-6-8-10/h10-11H,2-9H2,1H3,(H,14,17)(H,15,16). The van der Waals surface area contributed by atoms with E-state index in [2.05, 4.69) is 5.32 Å². The van der Waals surface area contributed by atoms with E-state index in [0.717, 1.165) is 25.7 Å². The van der Waals surface area contributed by atoms with E-state index in [9.17, 15) is 9.59 Å². The Kier molecular flexibility index (Phi) is 6.01. The van der Waals surface area contributed by atoms with Gasteiger partial charge in [0.2, 0.25) is 5.91 Å². The molecule has 0 saturated heterocycles. The molecule has 1 rings (SSSR count). The Bertz CT molecular complexity index is 257. The molecule has 0 radical (unpaired) electrons. The van der Waals surface area contributed by atoms with Gasteiger partial charge in [0.25, 0.3) is 0 Å². The first kappa shape index (κ1) is 14.0. The van der Waals surface area contributed by atoms with Crippen molar-refractivity contribution in [3.8, 4) is 0 Å². The summed E-state index contributed by atoms with van der Waals surface area (Å²) in [6, 6.07) is -0.219. The van der Waals surface area contributed by atoms with E-state index in [1.807, 2.05) is 6.92 Å². The Morgan fingerprint density at radius 3 is 2.29 bits per heavy atom. The first-order valence-corrected chi connectivity index (χ1v) is 6.65. The molecule has 1 unspecified atom stereocenters. The lowest BCUT2D eigenvalue weighted by molar-refractivity contribution is -0.137. The lowest BCUT2D eigenvalue weighted by Gasteiger charge is -2.19. The number of amides is 1. The lowest BCUT2D eigenvalue weighted by atomic mass is 9.98. The molecular weight excluding hydrogens is 218 g/mol. The first-order valence-electron chi connectivity index (χ1n) is 6.65. The molecule has 0 heterocycles. The number of hydrogen-bond acceptors (Lipinski definition) is 2. The summed E-state index contributed by atoms with van der Waals surface area (Å²) in [5.74, 6) is -0.696. The Balaban J connectivity index is 2.42. The Hall–Kier alpha value is -1.06. The zero-order valence-corrected chi connectivity index (χ0v) is 10.6. The van der Waals surface area contributed by atoms with Crippen LogP contribution in [0, 0.1) is 5.92 Å². The van der Waals surface area contributed by atoms with Crippen LogP contribution in [-0.2, 0) is 9.59 Å². The number of nitrogens with one attached hydrogen (secondary N) is 1. The SMILES string of the molecule is CCC(CC(=O)O)NC(=O)C1CCCCCC1. The zero-order valence-electron chi connectivity index (χ0n) is 10.6. The van der Waals surface area contributed by atoms with Gasteiger partial charge < -0.3 is 10.4 Å². The molecular formula is C13H23NO3. The second kappa shape index (κ2) is 7.30. The maximum absolute atomic E-state index is 12.0. The molecule has 98 valence electrons. The monoisotopic (exact) mass is 241 g/mol. The van der Waals surface area contributed by atoms with Crippen LogP contribution < -0.4 is 5.32 Å². The van der Waals surface area contributed by atoms with E-state index in [0.29, 0.717) is 6.42 Å². The number of carboxylic acids is 1. The zero-order chi connectivity index (χ0) is 12.7. The van der Waals surface area contributed by atoms with Crippen molar-refractivity contribution in [2.75, 3.05) is 0 Å². The van der Waals surface area contributed by atoms with Gasteiger partial charge in [-0.3, -0.25) is 9.59 Å². The molecule has 0 aromatic heterocycles. The molecule has 1 fully saturated rings. The molecule has 2 N–H and O–H groups in total. The average Bonchev–Trinajstić information content (AvgIpc) is 2.55. The number of carbonyl (C=O) groups excluding carboxylic acids is 1. The van der Waals surface area contributed by atoms with E-state index in [-0.39, 0.29) is 24.3 Å². The summed E-state index contributed by atoms with van der Waals surface area (Å²) in [5.41, 5.74) is 0. The number of aliphatic carboxylic acids is 1. The Morgan fingerprint density at radius 2 is 1.82 bits per heavy atom. The largest absolute Gasteiger partial charge is 0.481 e. The van der Waals surface area contributed by atoms with Crippen molar-refractivity contribution in [1.29, 1.82) is 0 Å². The van der Waals surface area contributed by atoms with E-state index >= 15 is 0 Å². The highest BCUT2D eigenvalue weighted by Gasteiger charge is 2.22. The van der Waals surface area contributed by atoms with Gasteiger partial charge in [-0.25, -0.2) is 0 Å². The van der Waals surface area contributed by atoms with Crippen LogP contribution in [0.25, 0.3) is 0 Å². The van der Waals surface area contributed by atoms with Gasteiger partial charge in [0.1, 0.15) is 0 Å². The molecule has 1 aliphatic carbocycles. The van der Waals surface area contributed by atoms with Crippen molar-refractivity contribution in [2.24, 2.45) is 5.92 Å². The molecule has 1 saturated carbocycles. The third-order valence-corrected chi connectivity index (χ3v) is 3.49. The number of rotatable bonds is 5. The van der Waals surface area contributed by atoms with Gasteiger partial charge in [-0.2, -0.15) is 0 Å². The summed E-state index contributed by atoms with van der Waals surface area (Å²) in [6.07, 6.45) is 7.28. The van der Waals surface area contributed by atoms with Gasteiger partial charge in [-0.05, 0) is 19.3 Å². The molecule has 0 aromatic rings. The van der Waals surface area contributed by atoms with Crippen LogP contribution in [0.4, 0.5) is 0 Å². The van der Waals surface area contributed by atoms with E-state index in [4.69, 9.17) is 5.11 Å². The van der Waals surface area contributed by atoms with Gasteiger partial charge >= 0.3 is 5.97 Å². The average molecular weight is 241 g/mol. The minimum Gasteiger partial charge on any atom is -0.481 e. The molecule has 0 aliphatic heterocycles. The van der Waals surface area contributed by atoms with Crippen molar-refractivity contribution in [3.63, 3.8) is 0 Å². The fourth-order valence-electron chi connectivity index (χ4n) is 2.37. The van der Waals surface area contributed by atoms with Crippen molar-refractivity contribution in [1.82, 2.24) is 5.32 Å². The van der Waals surface area contributed by atoms with Gasteiger partial charge in [0.05, 0.1) is 6.42 Å². The van der Waals surface area contributed by atoms with Crippen LogP contribution in [0.5, 0.6) is 0 Å². The van der Waals surface area contributed by atoms with Gasteiger partial charge in [0, 0.05) is 12.0 Å². The van der Waals surface area contributed by atoms with Crippen molar-refractivity contribution >= 4 is 11.9 Å².